The van der Waals surface area contributed by atoms with Gasteiger partial charge in [0.25, 0.3) is 11.8 Å². The Kier molecular flexibility index (Phi) is 4.93. The summed E-state index contributed by atoms with van der Waals surface area (Å²) < 4.78 is 33.5. The fourth-order valence-electron chi connectivity index (χ4n) is 3.58. The molecule has 6 nitrogen and oxygen atoms in total. The molecular weight excluding hydrogens is 366 g/mol. The molecule has 3 aromatic rings. The number of hydrogen-bond acceptors (Lipinski definition) is 5. The molecule has 146 valence electrons. The first-order chi connectivity index (χ1) is 13.5. The van der Waals surface area contributed by atoms with Crippen LogP contribution in [0.1, 0.15) is 18.4 Å². The quantitative estimate of drug-likeness (QED) is 0.689. The highest BCUT2D eigenvalue weighted by molar-refractivity contribution is 5.52. The van der Waals surface area contributed by atoms with E-state index in [-0.39, 0.29) is 5.56 Å². The molecule has 0 N–H and O–H groups in total. The number of aryl methyl sites for hydroxylation is 1. The van der Waals surface area contributed by atoms with Crippen molar-refractivity contribution in [3.8, 4) is 11.5 Å². The van der Waals surface area contributed by atoms with Gasteiger partial charge in [0, 0.05) is 38.5 Å². The summed E-state index contributed by atoms with van der Waals surface area (Å²) in [6, 6.07) is 6.80. The third kappa shape index (κ3) is 3.95. The van der Waals surface area contributed by atoms with Gasteiger partial charge in [-0.1, -0.05) is 0 Å². The van der Waals surface area contributed by atoms with Gasteiger partial charge in [-0.2, -0.15) is 4.98 Å². The average molecular weight is 386 g/mol. The van der Waals surface area contributed by atoms with Crippen molar-refractivity contribution < 1.29 is 13.3 Å². The maximum atomic E-state index is 13.4. The summed E-state index contributed by atoms with van der Waals surface area (Å²) >= 11 is 0. The lowest BCUT2D eigenvalue weighted by atomic mass is 9.90. The van der Waals surface area contributed by atoms with Crippen LogP contribution in [0.15, 0.2) is 45.8 Å². The maximum absolute atomic E-state index is 13.4. The summed E-state index contributed by atoms with van der Waals surface area (Å²) in [4.78, 5) is 18.0. The third-order valence-corrected chi connectivity index (χ3v) is 5.09. The summed E-state index contributed by atoms with van der Waals surface area (Å²) in [5, 5.41) is 4.05. The van der Waals surface area contributed by atoms with Gasteiger partial charge in [0.05, 0.1) is 5.56 Å². The van der Waals surface area contributed by atoms with Crippen molar-refractivity contribution in [3.05, 3.63) is 64.1 Å². The second-order valence-electron chi connectivity index (χ2n) is 7.18. The van der Waals surface area contributed by atoms with Crippen LogP contribution < -0.4 is 10.5 Å². The van der Waals surface area contributed by atoms with Crippen LogP contribution in [0.5, 0.6) is 0 Å². The van der Waals surface area contributed by atoms with Crippen molar-refractivity contribution in [2.45, 2.75) is 19.3 Å². The predicted octanol–water partition coefficient (Wildman–Crippen LogP) is 3.17. The first-order valence-corrected chi connectivity index (χ1v) is 9.18. The molecule has 1 saturated heterocycles. The van der Waals surface area contributed by atoms with Gasteiger partial charge in [0.1, 0.15) is 11.6 Å². The molecule has 0 aliphatic carbocycles. The van der Waals surface area contributed by atoms with Crippen LogP contribution in [0.25, 0.3) is 11.5 Å². The van der Waals surface area contributed by atoms with Crippen LogP contribution in [0.3, 0.4) is 0 Å². The smallest absolute Gasteiger partial charge is 0.266 e. The molecule has 28 heavy (non-hydrogen) atoms. The molecule has 3 heterocycles. The van der Waals surface area contributed by atoms with Gasteiger partial charge < -0.3 is 14.0 Å². The van der Waals surface area contributed by atoms with Gasteiger partial charge in [0.2, 0.25) is 5.56 Å². The van der Waals surface area contributed by atoms with Crippen molar-refractivity contribution in [2.24, 2.45) is 13.0 Å². The normalized spacial score (nSPS) is 15.2. The molecule has 0 unspecified atom stereocenters. The number of pyridine rings is 1. The Morgan fingerprint density at radius 2 is 1.86 bits per heavy atom. The number of hydrogen-bond donors (Lipinski definition) is 0. The van der Waals surface area contributed by atoms with E-state index in [1.165, 1.54) is 22.8 Å². The van der Waals surface area contributed by atoms with E-state index in [4.69, 9.17) is 4.52 Å². The highest BCUT2D eigenvalue weighted by Gasteiger charge is 2.23. The number of anilines is 1. The largest absolute Gasteiger partial charge is 0.338 e. The molecule has 1 aliphatic rings. The number of rotatable bonds is 4. The minimum atomic E-state index is -0.537. The highest BCUT2D eigenvalue weighted by Crippen LogP contribution is 2.26. The molecule has 0 saturated carbocycles. The second-order valence-corrected chi connectivity index (χ2v) is 7.18. The molecule has 0 amide bonds. The van der Waals surface area contributed by atoms with Crippen molar-refractivity contribution in [3.63, 3.8) is 0 Å². The fourth-order valence-corrected chi connectivity index (χ4v) is 3.58. The van der Waals surface area contributed by atoms with Crippen LogP contribution in [-0.2, 0) is 13.5 Å². The van der Waals surface area contributed by atoms with Crippen LogP contribution >= 0.6 is 0 Å². The molecule has 4 rings (SSSR count). The van der Waals surface area contributed by atoms with E-state index in [2.05, 4.69) is 10.1 Å². The Balaban J connectivity index is 1.39. The monoisotopic (exact) mass is 386 g/mol. The lowest BCUT2D eigenvalue weighted by Crippen LogP contribution is -2.35. The van der Waals surface area contributed by atoms with E-state index in [9.17, 15) is 13.6 Å². The third-order valence-electron chi connectivity index (χ3n) is 5.09. The number of halogens is 2. The van der Waals surface area contributed by atoms with E-state index in [1.807, 2.05) is 4.90 Å². The Labute approximate surface area is 160 Å². The first-order valence-electron chi connectivity index (χ1n) is 9.18. The lowest BCUT2D eigenvalue weighted by molar-refractivity contribution is 0.389. The van der Waals surface area contributed by atoms with Gasteiger partial charge in [-0.05, 0) is 54.1 Å². The Morgan fingerprint density at radius 1 is 1.14 bits per heavy atom. The van der Waals surface area contributed by atoms with Crippen LogP contribution in [0, 0.1) is 17.6 Å². The SMILES string of the molecule is Cn1cc(-c2nc(N3CCC(Cc4cc(F)cc(F)c4)CC3)no2)ccc1=O. The molecule has 1 aromatic carbocycles. The van der Waals surface area contributed by atoms with Crippen LogP contribution in [-0.4, -0.2) is 27.8 Å². The summed E-state index contributed by atoms with van der Waals surface area (Å²) in [6.45, 7) is 1.49. The topological polar surface area (TPSA) is 64.2 Å². The Morgan fingerprint density at radius 3 is 2.54 bits per heavy atom. The zero-order valence-corrected chi connectivity index (χ0v) is 15.4. The van der Waals surface area contributed by atoms with E-state index in [0.717, 1.165) is 32.0 Å². The lowest BCUT2D eigenvalue weighted by Gasteiger charge is -2.30. The summed E-state index contributed by atoms with van der Waals surface area (Å²) in [7, 11) is 1.67. The van der Waals surface area contributed by atoms with Crippen molar-refractivity contribution in [1.82, 2.24) is 14.7 Å². The van der Waals surface area contributed by atoms with E-state index >= 15 is 0 Å². The zero-order valence-electron chi connectivity index (χ0n) is 15.4. The number of piperidine rings is 1. The molecule has 0 spiro atoms. The van der Waals surface area contributed by atoms with Gasteiger partial charge >= 0.3 is 0 Å². The number of benzene rings is 1. The van der Waals surface area contributed by atoms with Crippen LogP contribution in [0.2, 0.25) is 0 Å². The van der Waals surface area contributed by atoms with Crippen molar-refractivity contribution >= 4 is 5.95 Å². The predicted molar refractivity (Wildman–Crippen MR) is 100.0 cm³/mol. The fraction of sp³-hybridized carbons (Fsp3) is 0.350. The van der Waals surface area contributed by atoms with E-state index in [0.29, 0.717) is 35.3 Å². The van der Waals surface area contributed by atoms with Gasteiger partial charge in [0.15, 0.2) is 0 Å². The maximum Gasteiger partial charge on any atom is 0.266 e. The van der Waals surface area contributed by atoms with Crippen molar-refractivity contribution in [1.29, 1.82) is 0 Å². The van der Waals surface area contributed by atoms with Crippen LogP contribution in [0.4, 0.5) is 14.7 Å². The number of nitrogens with zero attached hydrogens (tertiary/aromatic N) is 4. The molecule has 0 atom stereocenters. The standard InChI is InChI=1S/C20H20F2N4O2/c1-25-12-15(2-3-18(25)27)19-23-20(24-28-19)26-6-4-13(5-7-26)8-14-9-16(21)11-17(22)10-14/h2-3,9-13H,4-8H2,1H3. The van der Waals surface area contributed by atoms with Gasteiger partial charge in [-0.15, -0.1) is 0 Å². The molecule has 1 fully saturated rings. The minimum absolute atomic E-state index is 0.108. The molecule has 8 heteroatoms. The van der Waals surface area contributed by atoms with E-state index in [1.54, 1.807) is 19.3 Å². The highest BCUT2D eigenvalue weighted by atomic mass is 19.1. The average Bonchev–Trinajstić information content (AvgIpc) is 3.14. The molecular formula is C20H20F2N4O2. The van der Waals surface area contributed by atoms with Gasteiger partial charge in [-0.25, -0.2) is 8.78 Å². The van der Waals surface area contributed by atoms with Crippen molar-refractivity contribution in [2.75, 3.05) is 18.0 Å². The molecule has 1 aliphatic heterocycles. The first kappa shape index (κ1) is 18.3. The molecule has 0 bridgehead atoms. The molecule has 0 radical (unpaired) electrons. The Hall–Kier alpha value is -3.03. The summed E-state index contributed by atoms with van der Waals surface area (Å²) in [6.07, 6.45) is 4.06. The molecule has 2 aromatic heterocycles. The Bertz CT molecular complexity index is 1020. The second kappa shape index (κ2) is 7.53. The zero-order chi connectivity index (χ0) is 19.7. The number of aromatic nitrogens is 3. The van der Waals surface area contributed by atoms with Gasteiger partial charge in [-0.3, -0.25) is 4.79 Å². The summed E-state index contributed by atoms with van der Waals surface area (Å²) in [5.41, 5.74) is 1.26. The summed E-state index contributed by atoms with van der Waals surface area (Å²) in [5.74, 6) is 0.157. The minimum Gasteiger partial charge on any atom is -0.338 e. The van der Waals surface area contributed by atoms with E-state index < -0.39 is 11.6 Å².